The summed E-state index contributed by atoms with van der Waals surface area (Å²) in [5.74, 6) is -0.188. The van der Waals surface area contributed by atoms with Crippen LogP contribution in [0.1, 0.15) is 12.5 Å². The van der Waals surface area contributed by atoms with E-state index >= 15 is 0 Å². The number of halogens is 1. The van der Waals surface area contributed by atoms with Gasteiger partial charge in [0.1, 0.15) is 22.7 Å². The van der Waals surface area contributed by atoms with E-state index < -0.39 is 0 Å². The van der Waals surface area contributed by atoms with Crippen molar-refractivity contribution in [1.82, 2.24) is 4.57 Å². The number of hydrogen-bond donors (Lipinski definition) is 2. The van der Waals surface area contributed by atoms with Crippen molar-refractivity contribution in [2.24, 2.45) is 12.0 Å². The van der Waals surface area contributed by atoms with Gasteiger partial charge in [0, 0.05) is 17.5 Å². The zero-order valence-electron chi connectivity index (χ0n) is 13.1. The van der Waals surface area contributed by atoms with Crippen LogP contribution >= 0.6 is 11.6 Å². The number of pyridine rings is 1. The minimum absolute atomic E-state index is 0.0594. The Balaban J connectivity index is 2.28. The van der Waals surface area contributed by atoms with Gasteiger partial charge in [-0.15, -0.1) is 0 Å². The number of aromatic hydroxyl groups is 2. The first-order valence-electron chi connectivity index (χ1n) is 7.25. The molecule has 0 aliphatic carbocycles. The normalized spacial score (nSPS) is 11.9. The first-order chi connectivity index (χ1) is 11.4. The van der Waals surface area contributed by atoms with Gasteiger partial charge in [0.25, 0.3) is 5.56 Å². The van der Waals surface area contributed by atoms with Crippen LogP contribution < -0.4 is 5.56 Å². The predicted octanol–water partition coefficient (Wildman–Crippen LogP) is 3.74. The fourth-order valence-electron chi connectivity index (χ4n) is 2.63. The molecule has 0 aliphatic rings. The molecule has 6 heteroatoms. The Morgan fingerprint density at radius 2 is 1.88 bits per heavy atom. The van der Waals surface area contributed by atoms with Crippen molar-refractivity contribution in [2.75, 3.05) is 0 Å². The van der Waals surface area contributed by atoms with E-state index in [4.69, 9.17) is 11.6 Å². The van der Waals surface area contributed by atoms with Crippen LogP contribution in [0, 0.1) is 0 Å². The molecule has 122 valence electrons. The number of aromatic nitrogens is 1. The number of para-hydroxylation sites is 1. The zero-order valence-corrected chi connectivity index (χ0v) is 13.9. The van der Waals surface area contributed by atoms with Crippen LogP contribution in [-0.4, -0.2) is 20.5 Å². The molecule has 0 bridgehead atoms. The Hall–Kier alpha value is -2.79. The molecule has 2 aromatic carbocycles. The first-order valence-corrected chi connectivity index (χ1v) is 7.63. The van der Waals surface area contributed by atoms with Crippen molar-refractivity contribution < 1.29 is 10.2 Å². The summed E-state index contributed by atoms with van der Waals surface area (Å²) in [5, 5.41) is 21.4. The van der Waals surface area contributed by atoms with Crippen LogP contribution in [0.5, 0.6) is 11.5 Å². The van der Waals surface area contributed by atoms with Gasteiger partial charge in [0.2, 0.25) is 0 Å². The molecule has 1 heterocycles. The molecule has 0 aliphatic heterocycles. The summed E-state index contributed by atoms with van der Waals surface area (Å²) < 4.78 is 1.46. The number of aryl methyl sites for hydroxylation is 1. The van der Waals surface area contributed by atoms with E-state index in [1.54, 1.807) is 38.2 Å². The quantitative estimate of drug-likeness (QED) is 0.696. The smallest absolute Gasteiger partial charge is 0.263 e. The SMILES string of the molecule is CC(=Nc1cc(Cl)ccc1O)c1c(O)c2ccccc2n(C)c1=O. The fraction of sp³-hybridized carbons (Fsp3) is 0.111. The average Bonchev–Trinajstić information content (AvgIpc) is 2.56. The second kappa shape index (κ2) is 6.02. The second-order valence-corrected chi connectivity index (χ2v) is 5.87. The van der Waals surface area contributed by atoms with Gasteiger partial charge in [-0.25, -0.2) is 4.99 Å². The summed E-state index contributed by atoms with van der Waals surface area (Å²) in [7, 11) is 1.64. The lowest BCUT2D eigenvalue weighted by Gasteiger charge is -2.11. The molecule has 0 amide bonds. The van der Waals surface area contributed by atoms with Crippen molar-refractivity contribution in [2.45, 2.75) is 6.92 Å². The first kappa shape index (κ1) is 16.1. The Labute approximate surface area is 143 Å². The predicted molar refractivity (Wildman–Crippen MR) is 95.8 cm³/mol. The summed E-state index contributed by atoms with van der Waals surface area (Å²) in [4.78, 5) is 16.9. The van der Waals surface area contributed by atoms with Gasteiger partial charge < -0.3 is 14.8 Å². The highest BCUT2D eigenvalue weighted by Gasteiger charge is 2.17. The maximum Gasteiger partial charge on any atom is 0.263 e. The van der Waals surface area contributed by atoms with Crippen molar-refractivity contribution >= 4 is 33.9 Å². The van der Waals surface area contributed by atoms with Crippen molar-refractivity contribution in [3.05, 3.63) is 63.4 Å². The molecule has 0 spiro atoms. The van der Waals surface area contributed by atoms with E-state index in [1.165, 1.54) is 22.8 Å². The lowest BCUT2D eigenvalue weighted by molar-refractivity contribution is 0.476. The summed E-state index contributed by atoms with van der Waals surface area (Å²) in [6, 6.07) is 11.5. The van der Waals surface area contributed by atoms with Crippen molar-refractivity contribution in [1.29, 1.82) is 0 Å². The van der Waals surface area contributed by atoms with Crippen molar-refractivity contribution in [3.63, 3.8) is 0 Å². The highest BCUT2D eigenvalue weighted by molar-refractivity contribution is 6.31. The van der Waals surface area contributed by atoms with E-state index in [0.717, 1.165) is 0 Å². The molecule has 0 radical (unpaired) electrons. The number of phenolic OH excluding ortho intramolecular Hbond substituents is 1. The summed E-state index contributed by atoms with van der Waals surface area (Å²) in [6.45, 7) is 1.60. The molecule has 5 nitrogen and oxygen atoms in total. The Kier molecular flexibility index (Phi) is 4.03. The summed E-state index contributed by atoms with van der Waals surface area (Å²) in [6.07, 6.45) is 0. The minimum atomic E-state index is -0.367. The van der Waals surface area contributed by atoms with E-state index in [-0.39, 0.29) is 34.0 Å². The van der Waals surface area contributed by atoms with Gasteiger partial charge in [0.15, 0.2) is 0 Å². The van der Waals surface area contributed by atoms with Gasteiger partial charge in [-0.05, 0) is 37.3 Å². The van der Waals surface area contributed by atoms with Gasteiger partial charge >= 0.3 is 0 Å². The van der Waals surface area contributed by atoms with Crippen LogP contribution in [0.25, 0.3) is 10.9 Å². The van der Waals surface area contributed by atoms with E-state index in [1.807, 2.05) is 0 Å². The number of fused-ring (bicyclic) bond motifs is 1. The summed E-state index contributed by atoms with van der Waals surface area (Å²) >= 11 is 5.92. The molecular weight excluding hydrogens is 328 g/mol. The maximum atomic E-state index is 12.6. The Morgan fingerprint density at radius 3 is 2.62 bits per heavy atom. The number of aliphatic imine (C=N–C) groups is 1. The van der Waals surface area contributed by atoms with Gasteiger partial charge in [0.05, 0.1) is 11.2 Å². The molecule has 3 aromatic rings. The third kappa shape index (κ3) is 2.63. The molecule has 24 heavy (non-hydrogen) atoms. The van der Waals surface area contributed by atoms with E-state index in [9.17, 15) is 15.0 Å². The third-order valence-corrected chi connectivity index (χ3v) is 4.10. The fourth-order valence-corrected chi connectivity index (χ4v) is 2.79. The lowest BCUT2D eigenvalue weighted by atomic mass is 10.1. The Bertz CT molecular complexity index is 1040. The number of nitrogens with zero attached hydrogens (tertiary/aromatic N) is 2. The summed E-state index contributed by atoms with van der Waals surface area (Å²) in [5.41, 5.74) is 0.873. The molecule has 0 saturated carbocycles. The molecule has 2 N–H and O–H groups in total. The van der Waals surface area contributed by atoms with Crippen LogP contribution in [0.15, 0.2) is 52.3 Å². The number of phenols is 1. The molecule has 0 atom stereocenters. The molecule has 1 aromatic heterocycles. The van der Waals surface area contributed by atoms with Gasteiger partial charge in [-0.2, -0.15) is 0 Å². The van der Waals surface area contributed by atoms with Gasteiger partial charge in [-0.3, -0.25) is 4.79 Å². The monoisotopic (exact) mass is 342 g/mol. The number of hydrogen-bond acceptors (Lipinski definition) is 4. The van der Waals surface area contributed by atoms with Crippen LogP contribution in [-0.2, 0) is 7.05 Å². The molecular formula is C18H15ClN2O3. The molecule has 0 saturated heterocycles. The minimum Gasteiger partial charge on any atom is -0.506 e. The topological polar surface area (TPSA) is 74.8 Å². The van der Waals surface area contributed by atoms with E-state index in [0.29, 0.717) is 15.9 Å². The lowest BCUT2D eigenvalue weighted by Crippen LogP contribution is -2.24. The average molecular weight is 343 g/mol. The number of benzene rings is 2. The molecule has 0 unspecified atom stereocenters. The van der Waals surface area contributed by atoms with Crippen molar-refractivity contribution in [3.8, 4) is 11.5 Å². The maximum absolute atomic E-state index is 12.6. The van der Waals surface area contributed by atoms with Crippen LogP contribution in [0.2, 0.25) is 5.02 Å². The second-order valence-electron chi connectivity index (χ2n) is 5.44. The molecule has 3 rings (SSSR count). The van der Waals surface area contributed by atoms with Crippen LogP contribution in [0.4, 0.5) is 5.69 Å². The van der Waals surface area contributed by atoms with E-state index in [2.05, 4.69) is 4.99 Å². The standard InChI is InChI=1S/C18H15ClN2O3/c1-10(20-13-9-11(19)7-8-15(13)22)16-17(23)12-5-3-4-6-14(12)21(2)18(16)24/h3-9,22-23H,1-2H3. The number of rotatable bonds is 2. The third-order valence-electron chi connectivity index (χ3n) is 3.86. The molecule has 0 fully saturated rings. The largest absolute Gasteiger partial charge is 0.506 e. The zero-order chi connectivity index (χ0) is 17.4. The highest BCUT2D eigenvalue weighted by atomic mass is 35.5. The Morgan fingerprint density at radius 1 is 1.17 bits per heavy atom. The highest BCUT2D eigenvalue weighted by Crippen LogP contribution is 2.31. The van der Waals surface area contributed by atoms with Gasteiger partial charge in [-0.1, -0.05) is 23.7 Å². The van der Waals surface area contributed by atoms with Crippen LogP contribution in [0.3, 0.4) is 0 Å².